The number of ether oxygens (including phenoxy) is 2. The quantitative estimate of drug-likeness (QED) is 0.653. The summed E-state index contributed by atoms with van der Waals surface area (Å²) in [6.45, 7) is 3.25. The van der Waals surface area contributed by atoms with Crippen LogP contribution in [-0.4, -0.2) is 31.0 Å². The molecule has 1 rings (SSSR count). The molecule has 0 bridgehead atoms. The third-order valence-electron chi connectivity index (χ3n) is 2.51. The lowest BCUT2D eigenvalue weighted by molar-refractivity contribution is -0.147. The Kier molecular flexibility index (Phi) is 5.71. The maximum Gasteiger partial charge on any atom is 0.413 e. The van der Waals surface area contributed by atoms with Crippen molar-refractivity contribution in [1.29, 1.82) is 0 Å². The molecule has 0 aliphatic heterocycles. The van der Waals surface area contributed by atoms with Crippen LogP contribution in [0.2, 0.25) is 0 Å². The van der Waals surface area contributed by atoms with Crippen molar-refractivity contribution in [3.63, 3.8) is 0 Å². The lowest BCUT2D eigenvalue weighted by Gasteiger charge is -2.16. The summed E-state index contributed by atoms with van der Waals surface area (Å²) < 4.78 is 9.46. The summed E-state index contributed by atoms with van der Waals surface area (Å²) in [5.74, 6) is -1.38. The van der Waals surface area contributed by atoms with Crippen molar-refractivity contribution in [3.8, 4) is 5.75 Å². The molecule has 6 nitrogen and oxygen atoms in total. The molecule has 0 spiro atoms. The second-order valence-electron chi connectivity index (χ2n) is 4.36. The van der Waals surface area contributed by atoms with E-state index in [-0.39, 0.29) is 0 Å². The van der Waals surface area contributed by atoms with Crippen molar-refractivity contribution in [2.75, 3.05) is 7.11 Å². The number of Topliss-reactive ketones (excluding diaryl/α,β-unsaturated/α-hetero) is 1. The lowest BCUT2D eigenvalue weighted by atomic mass is 10.0. The van der Waals surface area contributed by atoms with Crippen LogP contribution in [0.3, 0.4) is 0 Å². The molecule has 0 saturated carbocycles. The molecule has 1 aromatic carbocycles. The molecule has 1 N–H and O–H groups in total. The molecule has 0 saturated heterocycles. The number of hydrogen-bond acceptors (Lipinski definition) is 5. The van der Waals surface area contributed by atoms with Crippen LogP contribution in [0.1, 0.15) is 13.8 Å². The van der Waals surface area contributed by atoms with E-state index in [0.29, 0.717) is 5.75 Å². The number of hydrogen-bond donors (Lipinski definition) is 1. The molecule has 0 heterocycles. The van der Waals surface area contributed by atoms with E-state index in [1.807, 2.05) is 0 Å². The maximum absolute atomic E-state index is 11.9. The topological polar surface area (TPSA) is 81.7 Å². The Morgan fingerprint density at radius 3 is 2.20 bits per heavy atom. The van der Waals surface area contributed by atoms with Gasteiger partial charge < -0.3 is 14.8 Å². The van der Waals surface area contributed by atoms with E-state index < -0.39 is 29.8 Å². The molecule has 1 atom stereocenters. The second-order valence-corrected chi connectivity index (χ2v) is 4.36. The Balaban J connectivity index is 2.72. The average molecular weight is 279 g/mol. The van der Waals surface area contributed by atoms with E-state index in [9.17, 15) is 14.4 Å². The fraction of sp³-hybridized carbons (Fsp3) is 0.357. The molecular weight excluding hydrogens is 262 g/mol. The maximum atomic E-state index is 11.9. The predicted molar refractivity (Wildman–Crippen MR) is 71.3 cm³/mol. The molecule has 0 fully saturated rings. The van der Waals surface area contributed by atoms with Crippen LogP contribution in [0.15, 0.2) is 30.3 Å². The molecule has 1 unspecified atom stereocenters. The van der Waals surface area contributed by atoms with Gasteiger partial charge in [0.1, 0.15) is 5.75 Å². The first-order chi connectivity index (χ1) is 9.45. The highest BCUT2D eigenvalue weighted by molar-refractivity contribution is 6.06. The number of methoxy groups -OCH3 is 1. The van der Waals surface area contributed by atoms with Gasteiger partial charge in [-0.2, -0.15) is 0 Å². The van der Waals surface area contributed by atoms with Crippen LogP contribution in [0.5, 0.6) is 5.75 Å². The monoisotopic (exact) mass is 279 g/mol. The average Bonchev–Trinajstić information content (AvgIpc) is 2.44. The van der Waals surface area contributed by atoms with Gasteiger partial charge in [-0.25, -0.2) is 9.59 Å². The summed E-state index contributed by atoms with van der Waals surface area (Å²) in [5, 5.41) is 2.21. The number of benzene rings is 1. The van der Waals surface area contributed by atoms with Crippen LogP contribution in [0.25, 0.3) is 0 Å². The van der Waals surface area contributed by atoms with Gasteiger partial charge in [-0.15, -0.1) is 0 Å². The molecule has 0 radical (unpaired) electrons. The molecule has 108 valence electrons. The van der Waals surface area contributed by atoms with Crippen molar-refractivity contribution in [3.05, 3.63) is 30.3 Å². The van der Waals surface area contributed by atoms with Gasteiger partial charge in [0.25, 0.3) is 0 Å². The van der Waals surface area contributed by atoms with Gasteiger partial charge in [-0.3, -0.25) is 4.79 Å². The minimum absolute atomic E-state index is 0.311. The second kappa shape index (κ2) is 7.28. The fourth-order valence-corrected chi connectivity index (χ4v) is 1.44. The number of esters is 1. The number of carbonyl (C=O) groups is 3. The van der Waals surface area contributed by atoms with Gasteiger partial charge in [0, 0.05) is 5.92 Å². The van der Waals surface area contributed by atoms with E-state index in [1.165, 1.54) is 0 Å². The standard InChI is InChI=1S/C14H17NO5/c1-9(2)12(16)11(13(17)19-3)15-14(18)20-10-7-5-4-6-8-10/h4-9,11H,1-3H3,(H,15,18). The molecular formula is C14H17NO5. The van der Waals surface area contributed by atoms with Gasteiger partial charge in [0.2, 0.25) is 0 Å². The van der Waals surface area contributed by atoms with Crippen molar-refractivity contribution < 1.29 is 23.9 Å². The third kappa shape index (κ3) is 4.38. The normalized spacial score (nSPS) is 11.6. The Morgan fingerprint density at radius 1 is 1.10 bits per heavy atom. The number of rotatable bonds is 5. The summed E-state index contributed by atoms with van der Waals surface area (Å²) in [6, 6.07) is 6.95. The van der Waals surface area contributed by atoms with E-state index in [0.717, 1.165) is 7.11 Å². The fourth-order valence-electron chi connectivity index (χ4n) is 1.44. The molecule has 20 heavy (non-hydrogen) atoms. The number of nitrogens with one attached hydrogen (secondary N) is 1. The molecule has 0 aromatic heterocycles. The van der Waals surface area contributed by atoms with Crippen LogP contribution >= 0.6 is 0 Å². The molecule has 0 aliphatic carbocycles. The first-order valence-corrected chi connectivity index (χ1v) is 6.10. The minimum Gasteiger partial charge on any atom is -0.467 e. The SMILES string of the molecule is COC(=O)C(NC(=O)Oc1ccccc1)C(=O)C(C)C. The molecule has 1 aromatic rings. The predicted octanol–water partition coefficient (Wildman–Crippen LogP) is 1.54. The highest BCUT2D eigenvalue weighted by Crippen LogP contribution is 2.09. The summed E-state index contributed by atoms with van der Waals surface area (Å²) in [5.41, 5.74) is 0. The number of ketones is 1. The Bertz CT molecular complexity index is 484. The number of carbonyl (C=O) groups excluding carboxylic acids is 3. The van der Waals surface area contributed by atoms with Crippen molar-refractivity contribution in [2.24, 2.45) is 5.92 Å². The number of amides is 1. The summed E-state index contributed by atoms with van der Waals surface area (Å²) >= 11 is 0. The Hall–Kier alpha value is -2.37. The van der Waals surface area contributed by atoms with Crippen molar-refractivity contribution in [1.82, 2.24) is 5.32 Å². The molecule has 1 amide bonds. The summed E-state index contributed by atoms with van der Waals surface area (Å²) in [4.78, 5) is 35.1. The van der Waals surface area contributed by atoms with Crippen molar-refractivity contribution in [2.45, 2.75) is 19.9 Å². The minimum atomic E-state index is -1.36. The van der Waals surface area contributed by atoms with Gasteiger partial charge >= 0.3 is 12.1 Å². The zero-order valence-corrected chi connectivity index (χ0v) is 11.6. The highest BCUT2D eigenvalue weighted by atomic mass is 16.6. The van der Waals surface area contributed by atoms with Gasteiger partial charge in [0.05, 0.1) is 7.11 Å². The Morgan fingerprint density at radius 2 is 1.70 bits per heavy atom. The highest BCUT2D eigenvalue weighted by Gasteiger charge is 2.31. The molecule has 6 heteroatoms. The van der Waals surface area contributed by atoms with Crippen LogP contribution in [0.4, 0.5) is 4.79 Å². The van der Waals surface area contributed by atoms with Gasteiger partial charge in [-0.1, -0.05) is 32.0 Å². The number of para-hydroxylation sites is 1. The van der Waals surface area contributed by atoms with E-state index in [2.05, 4.69) is 10.1 Å². The zero-order chi connectivity index (χ0) is 15.1. The first kappa shape index (κ1) is 15.7. The Labute approximate surface area is 117 Å². The van der Waals surface area contributed by atoms with E-state index >= 15 is 0 Å². The van der Waals surface area contributed by atoms with Gasteiger partial charge in [-0.05, 0) is 12.1 Å². The first-order valence-electron chi connectivity index (χ1n) is 6.10. The van der Waals surface area contributed by atoms with E-state index in [1.54, 1.807) is 44.2 Å². The van der Waals surface area contributed by atoms with Crippen molar-refractivity contribution >= 4 is 17.8 Å². The molecule has 0 aliphatic rings. The smallest absolute Gasteiger partial charge is 0.413 e. The van der Waals surface area contributed by atoms with Gasteiger partial charge in [0.15, 0.2) is 11.8 Å². The summed E-state index contributed by atoms with van der Waals surface area (Å²) in [6.07, 6.45) is -0.888. The largest absolute Gasteiger partial charge is 0.467 e. The van der Waals surface area contributed by atoms with Crippen LogP contribution in [-0.2, 0) is 14.3 Å². The summed E-state index contributed by atoms with van der Waals surface area (Å²) in [7, 11) is 1.15. The van der Waals surface area contributed by atoms with E-state index in [4.69, 9.17) is 4.74 Å². The zero-order valence-electron chi connectivity index (χ0n) is 11.6. The van der Waals surface area contributed by atoms with Crippen LogP contribution in [0, 0.1) is 5.92 Å². The lowest BCUT2D eigenvalue weighted by Crippen LogP contribution is -2.49. The third-order valence-corrected chi connectivity index (χ3v) is 2.51. The van der Waals surface area contributed by atoms with Crippen LogP contribution < -0.4 is 10.1 Å².